The smallest absolute Gasteiger partial charge is 0.314 e. The van der Waals surface area contributed by atoms with Crippen LogP contribution in [0.5, 0.6) is 5.75 Å². The van der Waals surface area contributed by atoms with E-state index in [1.165, 1.54) is 57.1 Å². The van der Waals surface area contributed by atoms with Crippen molar-refractivity contribution in [3.63, 3.8) is 0 Å². The van der Waals surface area contributed by atoms with Gasteiger partial charge in [0.25, 0.3) is 0 Å². The Kier molecular flexibility index (Phi) is 8.24. The number of halogens is 2. The summed E-state index contributed by atoms with van der Waals surface area (Å²) in [6, 6.07) is 2.35. The van der Waals surface area contributed by atoms with Gasteiger partial charge in [0.05, 0.1) is 5.92 Å². The van der Waals surface area contributed by atoms with Crippen LogP contribution in [0.4, 0.5) is 8.78 Å². The molecule has 1 aromatic carbocycles. The Morgan fingerprint density at radius 3 is 2.36 bits per heavy atom. The van der Waals surface area contributed by atoms with Crippen molar-refractivity contribution in [1.29, 1.82) is 0 Å². The van der Waals surface area contributed by atoms with Crippen LogP contribution >= 0.6 is 0 Å². The van der Waals surface area contributed by atoms with Crippen LogP contribution in [-0.2, 0) is 11.2 Å². The summed E-state index contributed by atoms with van der Waals surface area (Å²) < 4.78 is 34.5. The predicted molar refractivity (Wildman–Crippen MR) is 128 cm³/mol. The van der Waals surface area contributed by atoms with Crippen molar-refractivity contribution in [2.24, 2.45) is 35.5 Å². The van der Waals surface area contributed by atoms with Crippen LogP contribution in [0.2, 0.25) is 0 Å². The van der Waals surface area contributed by atoms with E-state index in [4.69, 9.17) is 4.74 Å². The maximum Gasteiger partial charge on any atom is 0.314 e. The molecule has 0 spiro atoms. The SMILES string of the molecule is C/C=C/CCc1c(F)cc(OC(=O)C2CCCC3CC(C4CCC(C)CC4)CCC32)cc1F. The fourth-order valence-corrected chi connectivity index (χ4v) is 6.94. The van der Waals surface area contributed by atoms with Gasteiger partial charge in [0, 0.05) is 17.7 Å². The number of carbonyl (C=O) groups is 1. The molecule has 2 nitrogen and oxygen atoms in total. The van der Waals surface area contributed by atoms with Crippen LogP contribution in [0.3, 0.4) is 0 Å². The Bertz CT molecular complexity index is 817. The third-order valence-corrected chi connectivity index (χ3v) is 8.85. The highest BCUT2D eigenvalue weighted by Gasteiger charge is 2.43. The number of rotatable bonds is 6. The van der Waals surface area contributed by atoms with E-state index in [0.29, 0.717) is 24.7 Å². The van der Waals surface area contributed by atoms with Crippen molar-refractivity contribution in [3.05, 3.63) is 41.5 Å². The van der Waals surface area contributed by atoms with Crippen molar-refractivity contribution in [2.75, 3.05) is 0 Å². The Morgan fingerprint density at radius 1 is 0.970 bits per heavy atom. The van der Waals surface area contributed by atoms with Gasteiger partial charge in [0.2, 0.25) is 0 Å². The molecule has 0 amide bonds. The zero-order valence-electron chi connectivity index (χ0n) is 20.3. The largest absolute Gasteiger partial charge is 0.426 e. The molecule has 3 saturated carbocycles. The van der Waals surface area contributed by atoms with Gasteiger partial charge in [0.15, 0.2) is 0 Å². The molecule has 1 aromatic rings. The number of hydrogen-bond donors (Lipinski definition) is 0. The summed E-state index contributed by atoms with van der Waals surface area (Å²) in [6.45, 7) is 4.26. The topological polar surface area (TPSA) is 26.3 Å². The van der Waals surface area contributed by atoms with Crippen molar-refractivity contribution in [2.45, 2.75) is 90.9 Å². The average molecular weight is 459 g/mol. The number of benzene rings is 1. The summed E-state index contributed by atoms with van der Waals surface area (Å²) >= 11 is 0. The Labute approximate surface area is 198 Å². The van der Waals surface area contributed by atoms with Gasteiger partial charge in [-0.3, -0.25) is 4.79 Å². The molecule has 0 aliphatic heterocycles. The molecule has 3 aliphatic carbocycles. The molecule has 0 aromatic heterocycles. The molecule has 3 aliphatic rings. The van der Waals surface area contributed by atoms with Gasteiger partial charge >= 0.3 is 5.97 Å². The van der Waals surface area contributed by atoms with Crippen LogP contribution in [0.1, 0.15) is 90.0 Å². The third kappa shape index (κ3) is 5.87. The zero-order valence-corrected chi connectivity index (χ0v) is 20.3. The number of ether oxygens (including phenoxy) is 1. The van der Waals surface area contributed by atoms with E-state index in [1.54, 1.807) is 0 Å². The minimum atomic E-state index is -0.633. The molecule has 4 unspecified atom stereocenters. The van der Waals surface area contributed by atoms with Gasteiger partial charge in [-0.1, -0.05) is 44.8 Å². The molecule has 4 heteroatoms. The summed E-state index contributed by atoms with van der Waals surface area (Å²) in [5.41, 5.74) is 0.0565. The first-order chi connectivity index (χ1) is 16.0. The normalized spacial score (nSPS) is 32.5. The minimum absolute atomic E-state index is 0.00285. The first kappa shape index (κ1) is 24.4. The Balaban J connectivity index is 1.37. The second-order valence-electron chi connectivity index (χ2n) is 10.9. The number of fused-ring (bicyclic) bond motifs is 1. The van der Waals surface area contributed by atoms with E-state index in [2.05, 4.69) is 6.92 Å². The first-order valence-corrected chi connectivity index (χ1v) is 13.3. The summed E-state index contributed by atoms with van der Waals surface area (Å²) in [5, 5.41) is 0. The molecular weight excluding hydrogens is 418 g/mol. The number of carbonyl (C=O) groups excluding carboxylic acids is 1. The monoisotopic (exact) mass is 458 g/mol. The molecule has 0 bridgehead atoms. The van der Waals surface area contributed by atoms with E-state index in [1.807, 2.05) is 19.1 Å². The van der Waals surface area contributed by atoms with Crippen molar-refractivity contribution >= 4 is 5.97 Å². The van der Waals surface area contributed by atoms with Gasteiger partial charge in [-0.15, -0.1) is 0 Å². The summed E-state index contributed by atoms with van der Waals surface area (Å²) in [6.07, 6.45) is 16.7. The fraction of sp³-hybridized carbons (Fsp3) is 0.690. The summed E-state index contributed by atoms with van der Waals surface area (Å²) in [5.74, 6) is 1.81. The highest BCUT2D eigenvalue weighted by molar-refractivity contribution is 5.75. The van der Waals surface area contributed by atoms with Crippen molar-refractivity contribution in [1.82, 2.24) is 0 Å². The molecule has 0 N–H and O–H groups in total. The van der Waals surface area contributed by atoms with E-state index in [0.717, 1.165) is 37.0 Å². The highest BCUT2D eigenvalue weighted by atomic mass is 19.1. The standard InChI is InChI=1S/C29H40F2O2/c1-3-4-5-8-26-27(30)17-23(18-28(26)31)33-29(32)25-9-6-7-22-16-21(14-15-24(22)25)20-12-10-19(2)11-13-20/h3-4,17-22,24-25H,5-16H2,1-2H3/b4-3+. The van der Waals surface area contributed by atoms with E-state index in [9.17, 15) is 13.6 Å². The molecule has 182 valence electrons. The molecule has 3 fully saturated rings. The second kappa shape index (κ2) is 11.1. The van der Waals surface area contributed by atoms with Crippen LogP contribution < -0.4 is 4.74 Å². The lowest BCUT2D eigenvalue weighted by atomic mass is 9.59. The van der Waals surface area contributed by atoms with Crippen molar-refractivity contribution in [3.8, 4) is 5.75 Å². The molecule has 4 atom stereocenters. The number of hydrogen-bond acceptors (Lipinski definition) is 2. The van der Waals surface area contributed by atoms with Crippen LogP contribution in [0.25, 0.3) is 0 Å². The van der Waals surface area contributed by atoms with E-state index < -0.39 is 11.6 Å². The van der Waals surface area contributed by atoms with Gasteiger partial charge in [-0.05, 0) is 87.9 Å². The number of allylic oxidation sites excluding steroid dienone is 2. The molecule has 0 heterocycles. The molecule has 4 rings (SSSR count). The second-order valence-corrected chi connectivity index (χ2v) is 10.9. The first-order valence-electron chi connectivity index (χ1n) is 13.3. The van der Waals surface area contributed by atoms with Gasteiger partial charge in [-0.2, -0.15) is 0 Å². The van der Waals surface area contributed by atoms with E-state index in [-0.39, 0.29) is 23.2 Å². The average Bonchev–Trinajstić information content (AvgIpc) is 2.80. The predicted octanol–water partition coefficient (Wildman–Crippen LogP) is 8.04. The highest BCUT2D eigenvalue weighted by Crippen LogP contribution is 2.50. The van der Waals surface area contributed by atoms with Crippen molar-refractivity contribution < 1.29 is 18.3 Å². The molecular formula is C29H40F2O2. The lowest BCUT2D eigenvalue weighted by Crippen LogP contribution is -2.40. The van der Waals surface area contributed by atoms with Crippen LogP contribution in [0.15, 0.2) is 24.3 Å². The lowest BCUT2D eigenvalue weighted by Gasteiger charge is -2.45. The maximum atomic E-state index is 14.5. The lowest BCUT2D eigenvalue weighted by molar-refractivity contribution is -0.144. The zero-order chi connectivity index (χ0) is 23.4. The molecule has 0 saturated heterocycles. The van der Waals surface area contributed by atoms with Crippen LogP contribution in [0, 0.1) is 47.1 Å². The summed E-state index contributed by atoms with van der Waals surface area (Å²) in [7, 11) is 0. The van der Waals surface area contributed by atoms with Crippen LogP contribution in [-0.4, -0.2) is 5.97 Å². The maximum absolute atomic E-state index is 14.5. The molecule has 0 radical (unpaired) electrons. The molecule has 33 heavy (non-hydrogen) atoms. The third-order valence-electron chi connectivity index (χ3n) is 8.85. The van der Waals surface area contributed by atoms with Gasteiger partial charge in [0.1, 0.15) is 17.4 Å². The van der Waals surface area contributed by atoms with E-state index >= 15 is 0 Å². The fourth-order valence-electron chi connectivity index (χ4n) is 6.94. The summed E-state index contributed by atoms with van der Waals surface area (Å²) in [4.78, 5) is 13.1. The van der Waals surface area contributed by atoms with Gasteiger partial charge < -0.3 is 4.74 Å². The Morgan fingerprint density at radius 2 is 1.67 bits per heavy atom. The van der Waals surface area contributed by atoms with Gasteiger partial charge in [-0.25, -0.2) is 8.78 Å². The quantitative estimate of drug-likeness (QED) is 0.245. The minimum Gasteiger partial charge on any atom is -0.426 e. The number of esters is 1. The Hall–Kier alpha value is -1.71.